The molecule has 4 rings (SSSR count). The highest BCUT2D eigenvalue weighted by molar-refractivity contribution is 5.94. The Hall–Kier alpha value is -2.70. The minimum absolute atomic E-state index is 0.0316. The van der Waals surface area contributed by atoms with Gasteiger partial charge in [0.1, 0.15) is 5.65 Å². The zero-order valence-electron chi connectivity index (χ0n) is 17.5. The maximum absolute atomic E-state index is 13.3. The van der Waals surface area contributed by atoms with Crippen LogP contribution in [0.4, 0.5) is 0 Å². The van der Waals surface area contributed by atoms with Crippen molar-refractivity contribution >= 4 is 11.6 Å². The molecule has 1 aromatic carbocycles. The number of hydrogen-bond acceptors (Lipinski definition) is 4. The Morgan fingerprint density at radius 1 is 1.10 bits per heavy atom. The van der Waals surface area contributed by atoms with Crippen LogP contribution in [0.1, 0.15) is 28.2 Å². The van der Waals surface area contributed by atoms with E-state index in [0.29, 0.717) is 18.3 Å². The van der Waals surface area contributed by atoms with Gasteiger partial charge >= 0.3 is 0 Å². The minimum Gasteiger partial charge on any atom is -0.336 e. The lowest BCUT2D eigenvalue weighted by Gasteiger charge is -2.21. The van der Waals surface area contributed by atoms with Crippen LogP contribution in [-0.4, -0.2) is 70.3 Å². The number of likely N-dealkylation sites (N-methyl/N-ethyl adjacent to an activating group) is 1. The predicted molar refractivity (Wildman–Crippen MR) is 115 cm³/mol. The van der Waals surface area contributed by atoms with Gasteiger partial charge in [0.2, 0.25) is 0 Å². The van der Waals surface area contributed by atoms with E-state index in [0.717, 1.165) is 43.0 Å². The Balaban J connectivity index is 1.60. The molecule has 1 saturated heterocycles. The fraction of sp³-hybridized carbons (Fsp3) is 0.391. The molecular formula is C23H29N5O. The van der Waals surface area contributed by atoms with Gasteiger partial charge in [-0.3, -0.25) is 9.69 Å². The first kappa shape index (κ1) is 19.6. The van der Waals surface area contributed by atoms with Crippen LogP contribution in [0.3, 0.4) is 0 Å². The van der Waals surface area contributed by atoms with Gasteiger partial charge in [-0.2, -0.15) is 0 Å². The van der Waals surface area contributed by atoms with Crippen LogP contribution in [0.5, 0.6) is 0 Å². The smallest absolute Gasteiger partial charge is 0.274 e. The molecular weight excluding hydrogens is 362 g/mol. The van der Waals surface area contributed by atoms with E-state index in [-0.39, 0.29) is 5.91 Å². The Morgan fingerprint density at radius 2 is 1.86 bits per heavy atom. The zero-order chi connectivity index (χ0) is 20.4. The summed E-state index contributed by atoms with van der Waals surface area (Å²) in [6, 6.07) is 16.6. The number of likely N-dealkylation sites (tertiary alicyclic amines) is 1. The van der Waals surface area contributed by atoms with Gasteiger partial charge in [-0.05, 0) is 38.2 Å². The van der Waals surface area contributed by atoms with Gasteiger partial charge in [0.25, 0.3) is 5.91 Å². The summed E-state index contributed by atoms with van der Waals surface area (Å²) in [6.07, 6.45) is 3.16. The second-order valence-electron chi connectivity index (χ2n) is 8.12. The fourth-order valence-corrected chi connectivity index (χ4v) is 4.07. The third kappa shape index (κ3) is 4.18. The quantitative estimate of drug-likeness (QED) is 0.648. The number of benzene rings is 1. The van der Waals surface area contributed by atoms with Crippen molar-refractivity contribution in [3.63, 3.8) is 0 Å². The van der Waals surface area contributed by atoms with Gasteiger partial charge < -0.3 is 14.2 Å². The van der Waals surface area contributed by atoms with Gasteiger partial charge in [-0.25, -0.2) is 4.98 Å². The monoisotopic (exact) mass is 391 g/mol. The number of nitrogens with zero attached hydrogens (tertiary/aromatic N) is 5. The molecule has 6 nitrogen and oxygen atoms in total. The molecule has 0 radical (unpaired) electrons. The standard InChI is InChI=1S/C23H29N5O/c1-25(2)19-12-14-27(16-19)17-20-22(24-21-11-7-8-13-28(20)21)23(29)26(3)15-18-9-5-4-6-10-18/h4-11,13,19H,12,14-17H2,1-3H3. The molecule has 0 bridgehead atoms. The third-order valence-corrected chi connectivity index (χ3v) is 5.79. The Labute approximate surface area is 172 Å². The van der Waals surface area contributed by atoms with Crippen molar-refractivity contribution in [3.05, 3.63) is 71.7 Å². The zero-order valence-corrected chi connectivity index (χ0v) is 17.5. The Bertz CT molecular complexity index is 981. The average Bonchev–Trinajstić information content (AvgIpc) is 3.34. The van der Waals surface area contributed by atoms with E-state index in [4.69, 9.17) is 4.98 Å². The number of rotatable bonds is 6. The van der Waals surface area contributed by atoms with Crippen molar-refractivity contribution in [3.8, 4) is 0 Å². The summed E-state index contributed by atoms with van der Waals surface area (Å²) in [5.74, 6) is -0.0316. The molecule has 3 aromatic rings. The molecule has 6 heteroatoms. The van der Waals surface area contributed by atoms with Crippen LogP contribution in [0.25, 0.3) is 5.65 Å². The van der Waals surface area contributed by atoms with Crippen LogP contribution in [0.2, 0.25) is 0 Å². The van der Waals surface area contributed by atoms with E-state index in [1.165, 1.54) is 0 Å². The minimum atomic E-state index is -0.0316. The van der Waals surface area contributed by atoms with Crippen molar-refractivity contribution in [2.24, 2.45) is 0 Å². The molecule has 0 saturated carbocycles. The van der Waals surface area contributed by atoms with Gasteiger partial charge in [-0.1, -0.05) is 36.4 Å². The van der Waals surface area contributed by atoms with Crippen molar-refractivity contribution < 1.29 is 4.79 Å². The molecule has 0 N–H and O–H groups in total. The molecule has 29 heavy (non-hydrogen) atoms. The number of carbonyl (C=O) groups excluding carboxylic acids is 1. The van der Waals surface area contributed by atoms with Gasteiger partial charge in [-0.15, -0.1) is 0 Å². The van der Waals surface area contributed by atoms with Crippen molar-refractivity contribution in [2.75, 3.05) is 34.2 Å². The normalized spacial score (nSPS) is 17.3. The first-order valence-electron chi connectivity index (χ1n) is 10.2. The maximum atomic E-state index is 13.3. The maximum Gasteiger partial charge on any atom is 0.274 e. The second kappa shape index (κ2) is 8.35. The largest absolute Gasteiger partial charge is 0.336 e. The summed E-state index contributed by atoms with van der Waals surface area (Å²) in [7, 11) is 6.12. The summed E-state index contributed by atoms with van der Waals surface area (Å²) in [5.41, 5.74) is 3.47. The highest BCUT2D eigenvalue weighted by Crippen LogP contribution is 2.21. The number of fused-ring (bicyclic) bond motifs is 1. The topological polar surface area (TPSA) is 44.1 Å². The highest BCUT2D eigenvalue weighted by atomic mass is 16.2. The van der Waals surface area contributed by atoms with Crippen LogP contribution < -0.4 is 0 Å². The first-order valence-corrected chi connectivity index (χ1v) is 10.2. The predicted octanol–water partition coefficient (Wildman–Crippen LogP) is 2.74. The van der Waals surface area contributed by atoms with E-state index in [1.54, 1.807) is 4.90 Å². The summed E-state index contributed by atoms with van der Waals surface area (Å²) < 4.78 is 2.06. The Morgan fingerprint density at radius 3 is 2.59 bits per heavy atom. The number of amides is 1. The highest BCUT2D eigenvalue weighted by Gasteiger charge is 2.28. The third-order valence-electron chi connectivity index (χ3n) is 5.79. The number of pyridine rings is 1. The van der Waals surface area contributed by atoms with E-state index < -0.39 is 0 Å². The molecule has 2 aromatic heterocycles. The fourth-order valence-electron chi connectivity index (χ4n) is 4.07. The van der Waals surface area contributed by atoms with Crippen LogP contribution in [-0.2, 0) is 13.1 Å². The molecule has 152 valence electrons. The average molecular weight is 392 g/mol. The molecule has 1 amide bonds. The van der Waals surface area contributed by atoms with Crippen molar-refractivity contribution in [1.29, 1.82) is 0 Å². The molecule has 1 fully saturated rings. The molecule has 0 aliphatic carbocycles. The molecule has 3 heterocycles. The van der Waals surface area contributed by atoms with Gasteiger partial charge in [0, 0.05) is 45.5 Å². The van der Waals surface area contributed by atoms with E-state index in [1.807, 2.05) is 61.8 Å². The molecule has 1 aliphatic rings. The van der Waals surface area contributed by atoms with Crippen LogP contribution in [0.15, 0.2) is 54.7 Å². The number of aromatic nitrogens is 2. The first-order chi connectivity index (χ1) is 14.0. The van der Waals surface area contributed by atoms with E-state index in [2.05, 4.69) is 28.3 Å². The van der Waals surface area contributed by atoms with Crippen molar-refractivity contribution in [2.45, 2.75) is 25.6 Å². The SMILES string of the molecule is CN(Cc1ccccc1)C(=O)c1nc2ccccn2c1CN1CCC(N(C)C)C1. The second-order valence-corrected chi connectivity index (χ2v) is 8.12. The Kier molecular flexibility index (Phi) is 5.65. The lowest BCUT2D eigenvalue weighted by Crippen LogP contribution is -2.32. The van der Waals surface area contributed by atoms with Gasteiger partial charge in [0.05, 0.1) is 5.69 Å². The van der Waals surface area contributed by atoms with Crippen LogP contribution in [0, 0.1) is 0 Å². The van der Waals surface area contributed by atoms with Gasteiger partial charge in [0.15, 0.2) is 5.69 Å². The van der Waals surface area contributed by atoms with Crippen LogP contribution >= 0.6 is 0 Å². The molecule has 1 atom stereocenters. The summed E-state index contributed by atoms with van der Waals surface area (Å²) >= 11 is 0. The van der Waals surface area contributed by atoms with E-state index in [9.17, 15) is 4.79 Å². The summed E-state index contributed by atoms with van der Waals surface area (Å²) in [6.45, 7) is 3.35. The molecule has 0 spiro atoms. The number of carbonyl (C=O) groups is 1. The lowest BCUT2D eigenvalue weighted by molar-refractivity contribution is 0.0777. The molecule has 1 aliphatic heterocycles. The van der Waals surface area contributed by atoms with Crippen molar-refractivity contribution in [1.82, 2.24) is 24.1 Å². The number of imidazole rings is 1. The molecule has 1 unspecified atom stereocenters. The number of hydrogen-bond donors (Lipinski definition) is 0. The lowest BCUT2D eigenvalue weighted by atomic mass is 10.2. The summed E-state index contributed by atoms with van der Waals surface area (Å²) in [5, 5.41) is 0. The van der Waals surface area contributed by atoms with E-state index >= 15 is 0 Å². The summed E-state index contributed by atoms with van der Waals surface area (Å²) in [4.78, 5) is 24.5.